The van der Waals surface area contributed by atoms with Gasteiger partial charge in [-0.1, -0.05) is 35.2 Å². The summed E-state index contributed by atoms with van der Waals surface area (Å²) in [4.78, 5) is 11.7. The van der Waals surface area contributed by atoms with Gasteiger partial charge in [0.15, 0.2) is 0 Å². The standard InChI is InChI=1S/C15H14N2O3/c18-10-4-3-6-12-5-1-2-7-13(12)11-16-15(19)14-8-9-17-20-14/h1-2,5,7-9,18H,4,10-11H2,(H,16,19). The number of hydrogen-bond donors (Lipinski definition) is 2. The van der Waals surface area contributed by atoms with Crippen LogP contribution in [-0.4, -0.2) is 22.8 Å². The van der Waals surface area contributed by atoms with Crippen molar-refractivity contribution in [3.63, 3.8) is 0 Å². The van der Waals surface area contributed by atoms with Crippen LogP contribution in [0.15, 0.2) is 41.1 Å². The fourth-order valence-electron chi connectivity index (χ4n) is 1.61. The highest BCUT2D eigenvalue weighted by Crippen LogP contribution is 2.07. The number of nitrogens with one attached hydrogen (secondary N) is 1. The van der Waals surface area contributed by atoms with Crippen molar-refractivity contribution in [3.8, 4) is 11.8 Å². The van der Waals surface area contributed by atoms with Gasteiger partial charge < -0.3 is 14.9 Å². The Morgan fingerprint density at radius 3 is 2.95 bits per heavy atom. The van der Waals surface area contributed by atoms with Gasteiger partial charge in [0, 0.05) is 24.6 Å². The Bertz CT molecular complexity index is 624. The van der Waals surface area contributed by atoms with Crippen molar-refractivity contribution in [2.45, 2.75) is 13.0 Å². The maximum absolute atomic E-state index is 11.7. The number of amides is 1. The zero-order valence-corrected chi connectivity index (χ0v) is 10.8. The first-order valence-corrected chi connectivity index (χ1v) is 6.18. The van der Waals surface area contributed by atoms with Crippen molar-refractivity contribution >= 4 is 5.91 Å². The minimum Gasteiger partial charge on any atom is -0.395 e. The Morgan fingerprint density at radius 2 is 2.20 bits per heavy atom. The lowest BCUT2D eigenvalue weighted by Crippen LogP contribution is -2.22. The van der Waals surface area contributed by atoms with Gasteiger partial charge in [0.25, 0.3) is 5.91 Å². The van der Waals surface area contributed by atoms with Gasteiger partial charge in [-0.05, 0) is 11.6 Å². The van der Waals surface area contributed by atoms with Gasteiger partial charge in [-0.2, -0.15) is 0 Å². The van der Waals surface area contributed by atoms with Crippen molar-refractivity contribution in [2.24, 2.45) is 0 Å². The molecule has 0 radical (unpaired) electrons. The quantitative estimate of drug-likeness (QED) is 0.822. The zero-order chi connectivity index (χ0) is 14.2. The fraction of sp³-hybridized carbons (Fsp3) is 0.200. The highest BCUT2D eigenvalue weighted by atomic mass is 16.5. The molecule has 102 valence electrons. The van der Waals surface area contributed by atoms with E-state index in [1.807, 2.05) is 24.3 Å². The molecule has 0 spiro atoms. The molecule has 1 heterocycles. The molecule has 1 aromatic heterocycles. The second-order valence-corrected chi connectivity index (χ2v) is 3.99. The van der Waals surface area contributed by atoms with E-state index in [0.717, 1.165) is 11.1 Å². The average Bonchev–Trinajstić information content (AvgIpc) is 3.00. The summed E-state index contributed by atoms with van der Waals surface area (Å²) < 4.78 is 4.78. The Kier molecular flexibility index (Phi) is 4.93. The molecule has 20 heavy (non-hydrogen) atoms. The molecule has 0 saturated heterocycles. The second kappa shape index (κ2) is 7.12. The van der Waals surface area contributed by atoms with Crippen molar-refractivity contribution in [1.29, 1.82) is 0 Å². The van der Waals surface area contributed by atoms with E-state index < -0.39 is 0 Å². The molecular weight excluding hydrogens is 256 g/mol. The molecule has 0 aliphatic heterocycles. The first-order valence-electron chi connectivity index (χ1n) is 6.18. The lowest BCUT2D eigenvalue weighted by molar-refractivity contribution is 0.0914. The zero-order valence-electron chi connectivity index (χ0n) is 10.8. The highest BCUT2D eigenvalue weighted by Gasteiger charge is 2.09. The maximum atomic E-state index is 11.7. The Hall–Kier alpha value is -2.58. The van der Waals surface area contributed by atoms with E-state index in [1.54, 1.807) is 0 Å². The average molecular weight is 270 g/mol. The smallest absolute Gasteiger partial charge is 0.290 e. The molecule has 2 rings (SSSR count). The summed E-state index contributed by atoms with van der Waals surface area (Å²) in [6, 6.07) is 9.03. The summed E-state index contributed by atoms with van der Waals surface area (Å²) in [5, 5.41) is 14.9. The first-order chi connectivity index (χ1) is 9.81. The monoisotopic (exact) mass is 270 g/mol. The summed E-state index contributed by atoms with van der Waals surface area (Å²) >= 11 is 0. The largest absolute Gasteiger partial charge is 0.395 e. The number of aromatic nitrogens is 1. The SMILES string of the molecule is O=C(NCc1ccccc1C#CCCO)c1ccno1. The summed E-state index contributed by atoms with van der Waals surface area (Å²) in [7, 11) is 0. The van der Waals surface area contributed by atoms with Crippen LogP contribution in [-0.2, 0) is 6.54 Å². The lowest BCUT2D eigenvalue weighted by Gasteiger charge is -2.05. The normalized spacial score (nSPS) is 9.65. The van der Waals surface area contributed by atoms with Crippen LogP contribution >= 0.6 is 0 Å². The molecule has 5 nitrogen and oxygen atoms in total. The minimum atomic E-state index is -0.319. The van der Waals surface area contributed by atoms with E-state index in [4.69, 9.17) is 9.63 Å². The van der Waals surface area contributed by atoms with Crippen LogP contribution in [0.5, 0.6) is 0 Å². The van der Waals surface area contributed by atoms with Gasteiger partial charge >= 0.3 is 0 Å². The van der Waals surface area contributed by atoms with Crippen molar-refractivity contribution < 1.29 is 14.4 Å². The van der Waals surface area contributed by atoms with Gasteiger partial charge in [-0.15, -0.1) is 0 Å². The van der Waals surface area contributed by atoms with Gasteiger partial charge in [0.1, 0.15) is 0 Å². The van der Waals surface area contributed by atoms with Crippen molar-refractivity contribution in [1.82, 2.24) is 10.5 Å². The molecule has 1 amide bonds. The molecule has 2 N–H and O–H groups in total. The molecule has 0 fully saturated rings. The molecule has 0 aliphatic carbocycles. The molecular formula is C15H14N2O3. The summed E-state index contributed by atoms with van der Waals surface area (Å²) in [5.74, 6) is 5.70. The predicted molar refractivity (Wildman–Crippen MR) is 72.7 cm³/mol. The maximum Gasteiger partial charge on any atom is 0.290 e. The molecule has 0 unspecified atom stereocenters. The number of nitrogens with zero attached hydrogens (tertiary/aromatic N) is 1. The molecule has 0 aliphatic rings. The Labute approximate surface area is 116 Å². The third kappa shape index (κ3) is 3.70. The van der Waals surface area contributed by atoms with E-state index in [0.29, 0.717) is 13.0 Å². The molecule has 0 atom stereocenters. The number of rotatable bonds is 4. The number of aliphatic hydroxyl groups excluding tert-OH is 1. The Balaban J connectivity index is 2.03. The van der Waals surface area contributed by atoms with E-state index >= 15 is 0 Å². The number of carbonyl (C=O) groups excluding carboxylic acids is 1. The van der Waals surface area contributed by atoms with Crippen LogP contribution in [0.1, 0.15) is 28.1 Å². The van der Waals surface area contributed by atoms with E-state index in [-0.39, 0.29) is 18.3 Å². The molecule has 2 aromatic rings. The minimum absolute atomic E-state index is 0.0391. The highest BCUT2D eigenvalue weighted by molar-refractivity contribution is 5.91. The molecule has 1 aromatic carbocycles. The van der Waals surface area contributed by atoms with Crippen LogP contribution in [0.4, 0.5) is 0 Å². The third-order valence-electron chi connectivity index (χ3n) is 2.58. The first kappa shape index (κ1) is 13.8. The third-order valence-corrected chi connectivity index (χ3v) is 2.58. The van der Waals surface area contributed by atoms with Gasteiger partial charge in [0.2, 0.25) is 5.76 Å². The van der Waals surface area contributed by atoms with Gasteiger partial charge in [-0.25, -0.2) is 0 Å². The van der Waals surface area contributed by atoms with E-state index in [2.05, 4.69) is 22.3 Å². The van der Waals surface area contributed by atoms with Crippen molar-refractivity contribution in [3.05, 3.63) is 53.4 Å². The summed E-state index contributed by atoms with van der Waals surface area (Å²) in [6.07, 6.45) is 1.85. The summed E-state index contributed by atoms with van der Waals surface area (Å²) in [6.45, 7) is 0.390. The number of benzene rings is 1. The number of hydrogen-bond acceptors (Lipinski definition) is 4. The van der Waals surface area contributed by atoms with Crippen LogP contribution in [0.2, 0.25) is 0 Å². The summed E-state index contributed by atoms with van der Waals surface area (Å²) in [5.41, 5.74) is 1.74. The van der Waals surface area contributed by atoms with Crippen LogP contribution in [0, 0.1) is 11.8 Å². The second-order valence-electron chi connectivity index (χ2n) is 3.99. The van der Waals surface area contributed by atoms with Crippen LogP contribution < -0.4 is 5.32 Å². The predicted octanol–water partition coefficient (Wildman–Crippen LogP) is 1.34. The molecule has 5 heteroatoms. The fourth-order valence-corrected chi connectivity index (χ4v) is 1.61. The Morgan fingerprint density at radius 1 is 1.35 bits per heavy atom. The number of carbonyl (C=O) groups is 1. The van der Waals surface area contributed by atoms with E-state index in [9.17, 15) is 4.79 Å². The van der Waals surface area contributed by atoms with E-state index in [1.165, 1.54) is 12.3 Å². The van der Waals surface area contributed by atoms with Crippen molar-refractivity contribution in [2.75, 3.05) is 6.61 Å². The molecule has 0 bridgehead atoms. The lowest BCUT2D eigenvalue weighted by atomic mass is 10.1. The van der Waals surface area contributed by atoms with Crippen LogP contribution in [0.25, 0.3) is 0 Å². The van der Waals surface area contributed by atoms with Gasteiger partial charge in [0.05, 0.1) is 12.8 Å². The number of aliphatic hydroxyl groups is 1. The topological polar surface area (TPSA) is 75.4 Å². The molecule has 0 saturated carbocycles. The van der Waals surface area contributed by atoms with Crippen LogP contribution in [0.3, 0.4) is 0 Å². The van der Waals surface area contributed by atoms with Gasteiger partial charge in [-0.3, -0.25) is 4.79 Å².